The topological polar surface area (TPSA) is 121 Å². The first-order chi connectivity index (χ1) is 15.2. The number of carbonyl (C=O) groups is 2. The van der Waals surface area contributed by atoms with Gasteiger partial charge in [-0.05, 0) is 24.8 Å². The molecule has 0 radical (unpaired) electrons. The molecule has 1 aromatic carbocycles. The summed E-state index contributed by atoms with van der Waals surface area (Å²) >= 11 is 0. The van der Waals surface area contributed by atoms with E-state index in [4.69, 9.17) is 14.7 Å². The molecule has 0 saturated carbocycles. The summed E-state index contributed by atoms with van der Waals surface area (Å²) in [6, 6.07) is 10.9. The SMILES string of the molecule is COCC[C@H](NC(=O)c1cc(CN2C(=N)N[C@](C)(C(C)C)CC2=O)on1)c1ccccc1. The minimum absolute atomic E-state index is 0.0172. The number of amides is 2. The van der Waals surface area contributed by atoms with Crippen LogP contribution in [0.25, 0.3) is 0 Å². The van der Waals surface area contributed by atoms with Gasteiger partial charge in [0.05, 0.1) is 19.0 Å². The molecule has 3 N–H and O–H groups in total. The zero-order valence-electron chi connectivity index (χ0n) is 19.0. The summed E-state index contributed by atoms with van der Waals surface area (Å²) in [4.78, 5) is 26.7. The highest BCUT2D eigenvalue weighted by Crippen LogP contribution is 2.26. The molecule has 0 bridgehead atoms. The molecule has 1 aliphatic heterocycles. The number of methoxy groups -OCH3 is 1. The van der Waals surface area contributed by atoms with Crippen LogP contribution in [-0.4, -0.2) is 47.1 Å². The van der Waals surface area contributed by atoms with E-state index < -0.39 is 5.54 Å². The van der Waals surface area contributed by atoms with Gasteiger partial charge in [-0.2, -0.15) is 0 Å². The van der Waals surface area contributed by atoms with Gasteiger partial charge in [0.1, 0.15) is 0 Å². The molecule has 1 fully saturated rings. The first-order valence-corrected chi connectivity index (χ1v) is 10.7. The van der Waals surface area contributed by atoms with Crippen molar-refractivity contribution in [2.24, 2.45) is 5.92 Å². The van der Waals surface area contributed by atoms with E-state index in [-0.39, 0.29) is 48.4 Å². The van der Waals surface area contributed by atoms with Crippen LogP contribution >= 0.6 is 0 Å². The van der Waals surface area contributed by atoms with Crippen molar-refractivity contribution in [2.75, 3.05) is 13.7 Å². The Kier molecular flexibility index (Phi) is 7.29. The Hall–Kier alpha value is -3.20. The quantitative estimate of drug-likeness (QED) is 0.550. The third-order valence-corrected chi connectivity index (χ3v) is 5.99. The van der Waals surface area contributed by atoms with Gasteiger partial charge in [0.2, 0.25) is 5.91 Å². The molecule has 2 atom stereocenters. The van der Waals surface area contributed by atoms with Crippen LogP contribution in [0.3, 0.4) is 0 Å². The second kappa shape index (κ2) is 9.95. The Balaban J connectivity index is 1.66. The third-order valence-electron chi connectivity index (χ3n) is 5.99. The lowest BCUT2D eigenvalue weighted by Gasteiger charge is -2.42. The highest BCUT2D eigenvalue weighted by molar-refractivity contribution is 5.99. The lowest BCUT2D eigenvalue weighted by Crippen LogP contribution is -2.62. The van der Waals surface area contributed by atoms with Crippen molar-refractivity contribution in [1.29, 1.82) is 5.41 Å². The lowest BCUT2D eigenvalue weighted by molar-refractivity contribution is -0.131. The summed E-state index contributed by atoms with van der Waals surface area (Å²) in [5.41, 5.74) is 0.619. The number of carbonyl (C=O) groups excluding carboxylic acids is 2. The van der Waals surface area contributed by atoms with Crippen molar-refractivity contribution in [2.45, 2.75) is 51.7 Å². The summed E-state index contributed by atoms with van der Waals surface area (Å²) in [6.07, 6.45) is 0.878. The summed E-state index contributed by atoms with van der Waals surface area (Å²) < 4.78 is 10.5. The van der Waals surface area contributed by atoms with Crippen LogP contribution in [-0.2, 0) is 16.1 Å². The van der Waals surface area contributed by atoms with Crippen molar-refractivity contribution in [3.8, 4) is 0 Å². The second-order valence-corrected chi connectivity index (χ2v) is 8.60. The maximum atomic E-state index is 12.8. The maximum absolute atomic E-state index is 12.8. The van der Waals surface area contributed by atoms with Crippen LogP contribution < -0.4 is 10.6 Å². The van der Waals surface area contributed by atoms with Crippen LogP contribution in [0.4, 0.5) is 0 Å². The van der Waals surface area contributed by atoms with E-state index in [0.717, 1.165) is 5.56 Å². The third kappa shape index (κ3) is 5.34. The van der Waals surface area contributed by atoms with Gasteiger partial charge in [0.25, 0.3) is 5.91 Å². The Morgan fingerprint density at radius 1 is 1.38 bits per heavy atom. The molecule has 2 aromatic rings. The van der Waals surface area contributed by atoms with Crippen LogP contribution in [0.15, 0.2) is 40.9 Å². The zero-order chi connectivity index (χ0) is 23.3. The number of rotatable bonds is 9. The Bertz CT molecular complexity index is 938. The minimum Gasteiger partial charge on any atom is -0.385 e. The fraction of sp³-hybridized carbons (Fsp3) is 0.478. The van der Waals surface area contributed by atoms with Crippen molar-refractivity contribution >= 4 is 17.8 Å². The molecule has 0 aliphatic carbocycles. The summed E-state index contributed by atoms with van der Waals surface area (Å²) in [5.74, 6) is -0.0170. The molecule has 9 nitrogen and oxygen atoms in total. The Morgan fingerprint density at radius 2 is 2.09 bits per heavy atom. The predicted molar refractivity (Wildman–Crippen MR) is 119 cm³/mol. The van der Waals surface area contributed by atoms with E-state index in [2.05, 4.69) is 15.8 Å². The van der Waals surface area contributed by atoms with Crippen LogP contribution in [0.5, 0.6) is 0 Å². The summed E-state index contributed by atoms with van der Waals surface area (Å²) in [6.45, 7) is 6.49. The van der Waals surface area contributed by atoms with Crippen LogP contribution in [0.2, 0.25) is 0 Å². The fourth-order valence-electron chi connectivity index (χ4n) is 3.56. The number of hydrogen-bond acceptors (Lipinski definition) is 6. The summed E-state index contributed by atoms with van der Waals surface area (Å²) in [5, 5.41) is 18.2. The van der Waals surface area contributed by atoms with Gasteiger partial charge < -0.3 is 19.9 Å². The molecule has 1 aliphatic rings. The molecule has 2 amide bonds. The average molecular weight is 442 g/mol. The maximum Gasteiger partial charge on any atom is 0.273 e. The highest BCUT2D eigenvalue weighted by atomic mass is 16.5. The number of hydrogen-bond donors (Lipinski definition) is 3. The largest absolute Gasteiger partial charge is 0.385 e. The van der Waals surface area contributed by atoms with Crippen LogP contribution in [0.1, 0.15) is 61.5 Å². The van der Waals surface area contributed by atoms with Crippen molar-refractivity contribution < 1.29 is 18.8 Å². The highest BCUT2D eigenvalue weighted by Gasteiger charge is 2.40. The van der Waals surface area contributed by atoms with E-state index in [0.29, 0.717) is 18.8 Å². The molecular formula is C23H31N5O4. The first kappa shape index (κ1) is 23.5. The van der Waals surface area contributed by atoms with Gasteiger partial charge in [-0.1, -0.05) is 49.3 Å². The molecule has 0 unspecified atom stereocenters. The summed E-state index contributed by atoms with van der Waals surface area (Å²) in [7, 11) is 1.62. The van der Waals surface area contributed by atoms with E-state index in [1.807, 2.05) is 51.1 Å². The standard InChI is InChI=1S/C23H31N5O4/c1-15(2)23(3)13-20(29)28(22(24)26-23)14-17-12-19(27-32-17)21(30)25-18(10-11-31-4)16-8-6-5-7-9-16/h5-9,12,15,18H,10-11,13-14H2,1-4H3,(H2,24,26)(H,25,30)/t18-,23-/m0/s1. The van der Waals surface area contributed by atoms with Crippen LogP contribution in [0, 0.1) is 11.3 Å². The normalized spacial score (nSPS) is 19.7. The molecule has 2 heterocycles. The van der Waals surface area contributed by atoms with E-state index >= 15 is 0 Å². The van der Waals surface area contributed by atoms with Gasteiger partial charge >= 0.3 is 0 Å². The van der Waals surface area contributed by atoms with Gasteiger partial charge in [0.15, 0.2) is 17.4 Å². The van der Waals surface area contributed by atoms with E-state index in [1.54, 1.807) is 7.11 Å². The van der Waals surface area contributed by atoms with E-state index in [1.165, 1.54) is 11.0 Å². The molecule has 0 spiro atoms. The van der Waals surface area contributed by atoms with E-state index in [9.17, 15) is 9.59 Å². The molecule has 3 rings (SSSR count). The number of nitrogens with one attached hydrogen (secondary N) is 3. The van der Waals surface area contributed by atoms with Gasteiger partial charge in [-0.3, -0.25) is 19.9 Å². The number of benzene rings is 1. The second-order valence-electron chi connectivity index (χ2n) is 8.60. The first-order valence-electron chi connectivity index (χ1n) is 10.7. The fourth-order valence-corrected chi connectivity index (χ4v) is 3.56. The molecule has 172 valence electrons. The van der Waals surface area contributed by atoms with Crippen molar-refractivity contribution in [3.05, 3.63) is 53.4 Å². The number of aromatic nitrogens is 1. The minimum atomic E-state index is -0.466. The monoisotopic (exact) mass is 441 g/mol. The predicted octanol–water partition coefficient (Wildman–Crippen LogP) is 2.85. The van der Waals surface area contributed by atoms with Crippen molar-refractivity contribution in [3.63, 3.8) is 0 Å². The number of nitrogens with zero attached hydrogens (tertiary/aromatic N) is 2. The van der Waals surface area contributed by atoms with Gasteiger partial charge in [0, 0.05) is 25.3 Å². The van der Waals surface area contributed by atoms with Gasteiger partial charge in [-0.25, -0.2) is 0 Å². The molecular weight excluding hydrogens is 410 g/mol. The Morgan fingerprint density at radius 3 is 2.72 bits per heavy atom. The number of guanidine groups is 1. The molecule has 9 heteroatoms. The smallest absolute Gasteiger partial charge is 0.273 e. The number of ether oxygens (including phenoxy) is 1. The Labute approximate surface area is 188 Å². The average Bonchev–Trinajstić information content (AvgIpc) is 3.23. The zero-order valence-corrected chi connectivity index (χ0v) is 19.0. The molecule has 32 heavy (non-hydrogen) atoms. The molecule has 1 saturated heterocycles. The van der Waals surface area contributed by atoms with Crippen molar-refractivity contribution in [1.82, 2.24) is 20.7 Å². The van der Waals surface area contributed by atoms with Gasteiger partial charge in [-0.15, -0.1) is 0 Å². The molecule has 1 aromatic heterocycles. The lowest BCUT2D eigenvalue weighted by atomic mass is 9.83.